The molecule has 9 heteroatoms. The van der Waals surface area contributed by atoms with Crippen molar-refractivity contribution in [1.29, 1.82) is 0 Å². The molecule has 2 aromatic rings. The maximum absolute atomic E-state index is 12.7. The number of ether oxygens (including phenoxy) is 2. The minimum atomic E-state index is -3.94. The Morgan fingerprint density at radius 1 is 1.18 bits per heavy atom. The van der Waals surface area contributed by atoms with Crippen molar-refractivity contribution < 1.29 is 22.7 Å². The highest BCUT2D eigenvalue weighted by Gasteiger charge is 2.18. The second kappa shape index (κ2) is 10.3. The molecule has 2 N–H and O–H groups in total. The molecule has 0 aliphatic heterocycles. The van der Waals surface area contributed by atoms with Gasteiger partial charge < -0.3 is 14.8 Å². The topological polar surface area (TPSA) is 93.7 Å². The quantitative estimate of drug-likeness (QED) is 0.568. The number of hydrogen-bond acceptors (Lipinski definition) is 5. The van der Waals surface area contributed by atoms with Crippen molar-refractivity contribution in [3.05, 3.63) is 53.1 Å². The Morgan fingerprint density at radius 3 is 2.68 bits per heavy atom. The van der Waals surface area contributed by atoms with Crippen LogP contribution in [0.3, 0.4) is 0 Å². The van der Waals surface area contributed by atoms with E-state index in [4.69, 9.17) is 21.1 Å². The second-order valence-corrected chi connectivity index (χ2v) is 7.90. The Hall–Kier alpha value is -2.29. The maximum Gasteiger partial charge on any atom is 0.262 e. The van der Waals surface area contributed by atoms with Gasteiger partial charge in [0.15, 0.2) is 0 Å². The number of amides is 1. The zero-order valence-corrected chi connectivity index (χ0v) is 17.3. The lowest BCUT2D eigenvalue weighted by molar-refractivity contribution is 0.0944. The molecule has 7 nitrogen and oxygen atoms in total. The standard InChI is InChI=1S/C19H23ClN2O5S/c1-3-27-11-5-10-21-19(23)14-6-4-7-16(12-14)28(24,25)22-17-13-15(20)8-9-18(17)26-2/h4,6-9,12-13,22H,3,5,10-11H2,1-2H3,(H,21,23). The van der Waals surface area contributed by atoms with Crippen LogP contribution < -0.4 is 14.8 Å². The molecule has 0 unspecified atom stereocenters. The van der Waals surface area contributed by atoms with Gasteiger partial charge in [-0.15, -0.1) is 0 Å². The molecule has 2 rings (SSSR count). The number of rotatable bonds is 10. The summed E-state index contributed by atoms with van der Waals surface area (Å²) < 4.78 is 38.3. The number of methoxy groups -OCH3 is 1. The van der Waals surface area contributed by atoms with E-state index in [-0.39, 0.29) is 22.1 Å². The predicted molar refractivity (Wildman–Crippen MR) is 109 cm³/mol. The highest BCUT2D eigenvalue weighted by atomic mass is 35.5. The predicted octanol–water partition coefficient (Wildman–Crippen LogP) is 3.31. The Bertz CT molecular complexity index is 918. The van der Waals surface area contributed by atoms with Crippen LogP contribution >= 0.6 is 11.6 Å². The van der Waals surface area contributed by atoms with Crippen LogP contribution in [0.2, 0.25) is 5.02 Å². The van der Waals surface area contributed by atoms with Crippen LogP contribution in [0, 0.1) is 0 Å². The molecule has 28 heavy (non-hydrogen) atoms. The van der Waals surface area contributed by atoms with E-state index in [1.54, 1.807) is 18.2 Å². The molecular weight excluding hydrogens is 404 g/mol. The largest absolute Gasteiger partial charge is 0.495 e. The molecular formula is C19H23ClN2O5S. The van der Waals surface area contributed by atoms with Crippen molar-refractivity contribution in [1.82, 2.24) is 5.32 Å². The van der Waals surface area contributed by atoms with Gasteiger partial charge in [0.1, 0.15) is 5.75 Å². The summed E-state index contributed by atoms with van der Waals surface area (Å²) in [7, 11) is -2.51. The molecule has 0 radical (unpaired) electrons. The van der Waals surface area contributed by atoms with Gasteiger partial charge in [-0.25, -0.2) is 8.42 Å². The Labute approximate surface area is 170 Å². The van der Waals surface area contributed by atoms with E-state index < -0.39 is 10.0 Å². The number of hydrogen-bond donors (Lipinski definition) is 2. The molecule has 0 saturated heterocycles. The first kappa shape index (κ1) is 22.0. The van der Waals surface area contributed by atoms with E-state index in [1.165, 1.54) is 31.4 Å². The average molecular weight is 427 g/mol. The average Bonchev–Trinajstić information content (AvgIpc) is 2.67. The summed E-state index contributed by atoms with van der Waals surface area (Å²) in [4.78, 5) is 12.2. The highest BCUT2D eigenvalue weighted by Crippen LogP contribution is 2.29. The monoisotopic (exact) mass is 426 g/mol. The molecule has 0 fully saturated rings. The number of halogens is 1. The third-order valence-corrected chi connectivity index (χ3v) is 5.37. The fraction of sp³-hybridized carbons (Fsp3) is 0.316. The van der Waals surface area contributed by atoms with Gasteiger partial charge in [-0.05, 0) is 49.7 Å². The number of benzene rings is 2. The Kier molecular flexibility index (Phi) is 8.10. The smallest absolute Gasteiger partial charge is 0.262 e. The van der Waals surface area contributed by atoms with E-state index in [0.29, 0.717) is 37.0 Å². The number of carbonyl (C=O) groups excluding carboxylic acids is 1. The van der Waals surface area contributed by atoms with Gasteiger partial charge in [-0.3, -0.25) is 9.52 Å². The highest BCUT2D eigenvalue weighted by molar-refractivity contribution is 7.92. The molecule has 2 aromatic carbocycles. The third-order valence-electron chi connectivity index (χ3n) is 3.77. The lowest BCUT2D eigenvalue weighted by Crippen LogP contribution is -2.25. The van der Waals surface area contributed by atoms with Crippen LogP contribution in [-0.4, -0.2) is 41.2 Å². The molecule has 1 amide bonds. The Morgan fingerprint density at radius 2 is 1.96 bits per heavy atom. The molecule has 0 aliphatic rings. The van der Waals surface area contributed by atoms with Crippen molar-refractivity contribution in [2.45, 2.75) is 18.2 Å². The van der Waals surface area contributed by atoms with E-state index in [0.717, 1.165) is 0 Å². The van der Waals surface area contributed by atoms with Crippen LogP contribution in [0.15, 0.2) is 47.4 Å². The molecule has 0 spiro atoms. The molecule has 0 saturated carbocycles. The van der Waals surface area contributed by atoms with Crippen LogP contribution in [0.5, 0.6) is 5.75 Å². The first-order valence-corrected chi connectivity index (χ1v) is 10.6. The summed E-state index contributed by atoms with van der Waals surface area (Å²) in [6, 6.07) is 10.4. The van der Waals surface area contributed by atoms with Gasteiger partial charge in [-0.1, -0.05) is 17.7 Å². The molecule has 0 aliphatic carbocycles. The van der Waals surface area contributed by atoms with Crippen molar-refractivity contribution in [2.24, 2.45) is 0 Å². The van der Waals surface area contributed by atoms with Crippen molar-refractivity contribution in [3.63, 3.8) is 0 Å². The number of sulfonamides is 1. The third kappa shape index (κ3) is 6.12. The van der Waals surface area contributed by atoms with Crippen molar-refractivity contribution in [2.75, 3.05) is 31.6 Å². The molecule has 0 aromatic heterocycles. The summed E-state index contributed by atoms with van der Waals surface area (Å²) in [6.07, 6.45) is 0.674. The summed E-state index contributed by atoms with van der Waals surface area (Å²) in [6.45, 7) is 3.51. The minimum Gasteiger partial charge on any atom is -0.495 e. The number of anilines is 1. The van der Waals surface area contributed by atoms with E-state index in [9.17, 15) is 13.2 Å². The lowest BCUT2D eigenvalue weighted by atomic mass is 10.2. The van der Waals surface area contributed by atoms with Crippen LogP contribution in [0.25, 0.3) is 0 Å². The number of carbonyl (C=O) groups is 1. The van der Waals surface area contributed by atoms with Gasteiger partial charge in [0.05, 0.1) is 17.7 Å². The summed E-state index contributed by atoms with van der Waals surface area (Å²) in [5, 5.41) is 3.10. The van der Waals surface area contributed by atoms with Crippen molar-refractivity contribution in [3.8, 4) is 5.75 Å². The first-order valence-electron chi connectivity index (χ1n) is 8.69. The zero-order valence-electron chi connectivity index (χ0n) is 15.7. The Balaban J connectivity index is 2.13. The van der Waals surface area contributed by atoms with Gasteiger partial charge in [0, 0.05) is 30.3 Å². The van der Waals surface area contributed by atoms with Gasteiger partial charge in [0.25, 0.3) is 15.9 Å². The maximum atomic E-state index is 12.7. The summed E-state index contributed by atoms with van der Waals surface area (Å²) >= 11 is 5.94. The van der Waals surface area contributed by atoms with Gasteiger partial charge in [-0.2, -0.15) is 0 Å². The van der Waals surface area contributed by atoms with E-state index in [2.05, 4.69) is 10.0 Å². The molecule has 0 atom stereocenters. The lowest BCUT2D eigenvalue weighted by Gasteiger charge is -2.13. The molecule has 0 bridgehead atoms. The summed E-state index contributed by atoms with van der Waals surface area (Å²) in [5.41, 5.74) is 0.457. The van der Waals surface area contributed by atoms with Gasteiger partial charge in [0.2, 0.25) is 0 Å². The van der Waals surface area contributed by atoms with Gasteiger partial charge >= 0.3 is 0 Å². The SMILES string of the molecule is CCOCCCNC(=O)c1cccc(S(=O)(=O)Nc2cc(Cl)ccc2OC)c1. The van der Waals surface area contributed by atoms with Crippen LogP contribution in [0.4, 0.5) is 5.69 Å². The van der Waals surface area contributed by atoms with Crippen molar-refractivity contribution >= 4 is 33.2 Å². The fourth-order valence-electron chi connectivity index (χ4n) is 2.39. The first-order chi connectivity index (χ1) is 13.4. The second-order valence-electron chi connectivity index (χ2n) is 5.78. The molecule has 0 heterocycles. The van der Waals surface area contributed by atoms with Crippen LogP contribution in [-0.2, 0) is 14.8 Å². The fourth-order valence-corrected chi connectivity index (χ4v) is 3.67. The molecule has 152 valence electrons. The normalized spacial score (nSPS) is 11.1. The van der Waals surface area contributed by atoms with E-state index in [1.807, 2.05) is 6.92 Å². The zero-order chi connectivity index (χ0) is 20.6. The minimum absolute atomic E-state index is 0.0449. The number of nitrogens with one attached hydrogen (secondary N) is 2. The summed E-state index contributed by atoms with van der Waals surface area (Å²) in [5.74, 6) is -0.0231. The van der Waals surface area contributed by atoms with E-state index >= 15 is 0 Å². The van der Waals surface area contributed by atoms with Crippen LogP contribution in [0.1, 0.15) is 23.7 Å².